The largest absolute Gasteiger partial charge is 0.461 e. The van der Waals surface area contributed by atoms with Gasteiger partial charge in [-0.1, -0.05) is 13.2 Å². The fourth-order valence-corrected chi connectivity index (χ4v) is 10.3. The summed E-state index contributed by atoms with van der Waals surface area (Å²) in [7, 11) is 0. The molecule has 0 bridgehead atoms. The molecule has 0 saturated carbocycles. The second-order valence-corrected chi connectivity index (χ2v) is 20.4. The van der Waals surface area contributed by atoms with Gasteiger partial charge in [0, 0.05) is 54.2 Å². The molecule has 9 aromatic carbocycles. The van der Waals surface area contributed by atoms with Crippen molar-refractivity contribution in [2.45, 2.75) is 39.8 Å². The van der Waals surface area contributed by atoms with Gasteiger partial charge in [-0.2, -0.15) is 0 Å². The second-order valence-electron chi connectivity index (χ2n) is 20.4. The Labute approximate surface area is 495 Å². The van der Waals surface area contributed by atoms with Crippen LogP contribution in [0.2, 0.25) is 0 Å². The average molecular weight is 1200 g/mol. The lowest BCUT2D eigenvalue weighted by Crippen LogP contribution is -2.50. The highest BCUT2D eigenvalue weighted by Crippen LogP contribution is 2.58. The van der Waals surface area contributed by atoms with Gasteiger partial charge >= 0.3 is 23.9 Å². The third-order valence-electron chi connectivity index (χ3n) is 14.4. The zero-order chi connectivity index (χ0) is 62.6. The van der Waals surface area contributed by atoms with E-state index in [9.17, 15) is 36.7 Å². The van der Waals surface area contributed by atoms with Crippen LogP contribution in [0, 0.1) is 23.3 Å². The summed E-state index contributed by atoms with van der Waals surface area (Å²) in [6, 6.07) is 20.5. The molecule has 22 heteroatoms. The monoisotopic (exact) mass is 1200 g/mol. The van der Waals surface area contributed by atoms with Crippen molar-refractivity contribution >= 4 is 90.6 Å². The number of rotatable bonds is 20. The number of ether oxygens (including phenoxy) is 8. The van der Waals surface area contributed by atoms with Crippen LogP contribution in [0.25, 0.3) is 43.1 Å². The van der Waals surface area contributed by atoms with Gasteiger partial charge in [0.05, 0.1) is 22.3 Å². The van der Waals surface area contributed by atoms with Gasteiger partial charge in [0.25, 0.3) is 23.6 Å². The minimum atomic E-state index is -1.68. The molecule has 11 rings (SSSR count). The molecule has 2 atom stereocenters. The third-order valence-corrected chi connectivity index (χ3v) is 14.4. The zero-order valence-corrected chi connectivity index (χ0v) is 46.9. The molecule has 2 aliphatic rings. The first kappa shape index (κ1) is 58.6. The van der Waals surface area contributed by atoms with Gasteiger partial charge in [-0.25, -0.2) is 36.7 Å². The highest BCUT2D eigenvalue weighted by atomic mass is 19.1. The molecule has 2 unspecified atom stereocenters. The lowest BCUT2D eigenvalue weighted by molar-refractivity contribution is -0.153. The number of amides is 4. The Morgan fingerprint density at radius 3 is 0.830 bits per heavy atom. The average Bonchev–Trinajstić information content (AvgIpc) is 0.682. The lowest BCUT2D eigenvalue weighted by Gasteiger charge is -2.34. The number of nitrogens with zero attached hydrogens (tertiary/aromatic N) is 2. The van der Waals surface area contributed by atoms with Crippen LogP contribution in [0.4, 0.5) is 17.6 Å². The number of esters is 4. The predicted molar refractivity (Wildman–Crippen MR) is 307 cm³/mol. The van der Waals surface area contributed by atoms with Crippen LogP contribution in [0.3, 0.4) is 0 Å². The number of hydrogen-bond acceptors (Lipinski definition) is 16. The molecule has 0 aromatic heterocycles. The first-order chi connectivity index (χ1) is 42.1. The van der Waals surface area contributed by atoms with E-state index < -0.39 is 109 Å². The molecule has 4 amide bonds. The summed E-state index contributed by atoms with van der Waals surface area (Å²) < 4.78 is 107. The van der Waals surface area contributed by atoms with E-state index in [-0.39, 0.29) is 122 Å². The molecule has 2 heterocycles. The summed E-state index contributed by atoms with van der Waals surface area (Å²) in [6.07, 6.45) is 0. The molecule has 0 radical (unpaired) electrons. The molecule has 0 saturated heterocycles. The first-order valence-corrected chi connectivity index (χ1v) is 26.9. The molecular weight excluding hydrogens is 1150 g/mol. The molecule has 444 valence electrons. The number of imide groups is 2. The topological polar surface area (TPSA) is 217 Å². The Hall–Kier alpha value is -11.2. The van der Waals surface area contributed by atoms with E-state index >= 15 is 19.2 Å². The van der Waals surface area contributed by atoms with Gasteiger partial charge in [-0.05, 0) is 149 Å². The Kier molecular flexibility index (Phi) is 15.6. The van der Waals surface area contributed by atoms with E-state index in [1.807, 2.05) is 0 Å². The van der Waals surface area contributed by atoms with Crippen molar-refractivity contribution in [1.82, 2.24) is 9.80 Å². The number of hydrogen-bond donors (Lipinski definition) is 0. The predicted octanol–water partition coefficient (Wildman–Crippen LogP) is 12.8. The molecule has 0 aliphatic carbocycles. The fraction of sp³-hybridized carbons (Fsp3) is 0.152. The Morgan fingerprint density at radius 1 is 0.375 bits per heavy atom. The van der Waals surface area contributed by atoms with Gasteiger partial charge in [0.2, 0.25) is 0 Å². The summed E-state index contributed by atoms with van der Waals surface area (Å²) in [6.45, 7) is 10.5. The van der Waals surface area contributed by atoms with Crippen LogP contribution in [0.15, 0.2) is 146 Å². The minimum absolute atomic E-state index is 0.0316. The maximum absolute atomic E-state index is 15.4. The van der Waals surface area contributed by atoms with Crippen molar-refractivity contribution in [3.05, 3.63) is 191 Å². The Balaban J connectivity index is 1.24. The maximum Gasteiger partial charge on any atom is 0.333 e. The Bertz CT molecular complexity index is 3970. The molecule has 18 nitrogen and oxygen atoms in total. The quantitative estimate of drug-likeness (QED) is 0.0101. The standard InChI is InChI=1S/C66H46F4N2O16/c1-31(2)63(77)81-23-25-83-65(79)33(5)71-59(73)43-27-47(85-39-15-7-35(67)8-16-39)53-55-49(87-41-19-11-37(69)12-20-41)29-45-52-46(62(76)72(61(45)75)34(6)66(80)84-26-24-82-64(78)32(3)4)30-50(88-42-21-13-38(70)14-22-42)56(58(52)55)54-48(86-40-17-9-36(68)10-18-40)28-44(60(71)74)51(43)57(53)54/h7-22,27-30,33-34H,1,3,23-26H2,2,4-6H3. The van der Waals surface area contributed by atoms with E-state index in [0.717, 1.165) is 48.5 Å². The van der Waals surface area contributed by atoms with Crippen molar-refractivity contribution in [3.8, 4) is 46.0 Å². The zero-order valence-electron chi connectivity index (χ0n) is 46.9. The second kappa shape index (κ2) is 23.4. The summed E-state index contributed by atoms with van der Waals surface area (Å²) in [4.78, 5) is 115. The van der Waals surface area contributed by atoms with E-state index in [2.05, 4.69) is 13.2 Å². The number of carbonyl (C=O) groups excluding carboxylic acids is 8. The summed E-state index contributed by atoms with van der Waals surface area (Å²) in [5, 5.41) is -0.426. The molecule has 9 aromatic rings. The van der Waals surface area contributed by atoms with Crippen LogP contribution in [-0.4, -0.2) is 95.8 Å². The van der Waals surface area contributed by atoms with Crippen molar-refractivity contribution in [2.75, 3.05) is 26.4 Å². The molecule has 0 spiro atoms. The van der Waals surface area contributed by atoms with Gasteiger partial charge in [0.15, 0.2) is 0 Å². The maximum atomic E-state index is 15.4. The Morgan fingerprint density at radius 2 is 0.602 bits per heavy atom. The van der Waals surface area contributed by atoms with Crippen molar-refractivity contribution in [1.29, 1.82) is 0 Å². The van der Waals surface area contributed by atoms with Gasteiger partial charge in [-0.15, -0.1) is 0 Å². The lowest BCUT2D eigenvalue weighted by atomic mass is 9.80. The normalized spacial score (nSPS) is 13.4. The van der Waals surface area contributed by atoms with Crippen molar-refractivity contribution in [2.24, 2.45) is 0 Å². The third kappa shape index (κ3) is 10.7. The number of halogens is 4. The number of benzene rings is 9. The first-order valence-electron chi connectivity index (χ1n) is 26.9. The number of carbonyl (C=O) groups is 8. The van der Waals surface area contributed by atoms with Crippen molar-refractivity contribution < 1.29 is 93.8 Å². The van der Waals surface area contributed by atoms with E-state index in [0.29, 0.717) is 9.80 Å². The van der Waals surface area contributed by atoms with Gasteiger partial charge in [-0.3, -0.25) is 29.0 Å². The summed E-state index contributed by atoms with van der Waals surface area (Å²) >= 11 is 0. The van der Waals surface area contributed by atoms with E-state index in [1.165, 1.54) is 100 Å². The smallest absolute Gasteiger partial charge is 0.333 e. The molecule has 2 aliphatic heterocycles. The van der Waals surface area contributed by atoms with Crippen LogP contribution >= 0.6 is 0 Å². The number of fused-ring (bicyclic) bond motifs is 2. The van der Waals surface area contributed by atoms with E-state index in [4.69, 9.17) is 37.9 Å². The highest BCUT2D eigenvalue weighted by molar-refractivity contribution is 6.45. The van der Waals surface area contributed by atoms with Gasteiger partial charge < -0.3 is 37.9 Å². The van der Waals surface area contributed by atoms with Crippen LogP contribution in [0.1, 0.15) is 69.1 Å². The van der Waals surface area contributed by atoms with Crippen LogP contribution in [0.5, 0.6) is 46.0 Å². The summed E-state index contributed by atoms with van der Waals surface area (Å²) in [5.41, 5.74) is -0.950. The van der Waals surface area contributed by atoms with Crippen LogP contribution in [-0.2, 0) is 38.1 Å². The SMILES string of the molecule is C=C(C)C(=O)OCCOC(=O)C(C)N1C(=O)c2cc(Oc3ccc(F)cc3)c3c4c(Oc5ccc(F)cc5)cc5c6c(cc(Oc7ccc(F)cc7)c(c7c(Oc8ccc(F)cc8)cc(c2c37)C1=O)c64)C(=O)N(C(C)C(=O)OCCOC(=O)C(=C)C)C5=O. The molecule has 0 fully saturated rings. The van der Waals surface area contributed by atoms with Gasteiger partial charge in [0.1, 0.15) is 108 Å². The summed E-state index contributed by atoms with van der Waals surface area (Å²) in [5.74, 6) is -11.7. The molecular formula is C66H46F4N2O16. The van der Waals surface area contributed by atoms with Crippen molar-refractivity contribution in [3.63, 3.8) is 0 Å². The molecule has 88 heavy (non-hydrogen) atoms. The molecule has 0 N–H and O–H groups in total. The fourth-order valence-electron chi connectivity index (χ4n) is 10.3. The minimum Gasteiger partial charge on any atom is -0.461 e. The van der Waals surface area contributed by atoms with Crippen LogP contribution < -0.4 is 18.9 Å². The highest BCUT2D eigenvalue weighted by Gasteiger charge is 2.45. The van der Waals surface area contributed by atoms with E-state index in [1.54, 1.807) is 0 Å².